The van der Waals surface area contributed by atoms with Crippen LogP contribution in [0.5, 0.6) is 5.75 Å². The van der Waals surface area contributed by atoms with E-state index in [0.717, 1.165) is 62.3 Å². The molecule has 1 saturated heterocycles. The van der Waals surface area contributed by atoms with Gasteiger partial charge in [0.15, 0.2) is 0 Å². The first-order valence-electron chi connectivity index (χ1n) is 13.2. The van der Waals surface area contributed by atoms with Crippen molar-refractivity contribution in [3.05, 3.63) is 95.6 Å². The maximum absolute atomic E-state index is 12.9. The van der Waals surface area contributed by atoms with Gasteiger partial charge in [0.25, 0.3) is 0 Å². The zero-order valence-corrected chi connectivity index (χ0v) is 21.9. The molecule has 0 radical (unpaired) electrons. The molecule has 1 amide bonds. The predicted molar refractivity (Wildman–Crippen MR) is 144 cm³/mol. The summed E-state index contributed by atoms with van der Waals surface area (Å²) in [5, 5.41) is 2.99. The number of amides is 1. The van der Waals surface area contributed by atoms with Crippen LogP contribution in [0.1, 0.15) is 61.8 Å². The number of halogens is 3. The topological polar surface area (TPSA) is 41.6 Å². The molecule has 3 aromatic carbocycles. The number of rotatable bonds is 9. The van der Waals surface area contributed by atoms with Crippen molar-refractivity contribution < 1.29 is 22.7 Å². The van der Waals surface area contributed by atoms with Crippen molar-refractivity contribution in [2.75, 3.05) is 25.0 Å². The SMILES string of the molecule is CC(C)C(=O)Nc1cccc(C2CCN(CCC(Oc3ccc(C(F)(F)F)cc3)c3ccccc3)CC2)c1. The van der Waals surface area contributed by atoms with Crippen LogP contribution < -0.4 is 10.1 Å². The quantitative estimate of drug-likeness (QED) is 0.312. The maximum atomic E-state index is 12.9. The summed E-state index contributed by atoms with van der Waals surface area (Å²) in [6.45, 7) is 6.50. The molecular weight excluding hydrogens is 489 g/mol. The van der Waals surface area contributed by atoms with Gasteiger partial charge in [0, 0.05) is 24.6 Å². The molecule has 1 aliphatic rings. The predicted octanol–water partition coefficient (Wildman–Crippen LogP) is 7.69. The highest BCUT2D eigenvalue weighted by Crippen LogP contribution is 2.33. The highest BCUT2D eigenvalue weighted by Gasteiger charge is 2.30. The van der Waals surface area contributed by atoms with Crippen LogP contribution in [0, 0.1) is 5.92 Å². The van der Waals surface area contributed by atoms with Gasteiger partial charge in [-0.25, -0.2) is 0 Å². The summed E-state index contributed by atoms with van der Waals surface area (Å²) in [7, 11) is 0. The van der Waals surface area contributed by atoms with Crippen molar-refractivity contribution in [1.29, 1.82) is 0 Å². The van der Waals surface area contributed by atoms with Gasteiger partial charge in [0.2, 0.25) is 5.91 Å². The molecule has 1 unspecified atom stereocenters. The fourth-order valence-corrected chi connectivity index (χ4v) is 4.79. The van der Waals surface area contributed by atoms with Crippen molar-refractivity contribution in [3.8, 4) is 5.75 Å². The third kappa shape index (κ3) is 7.60. The van der Waals surface area contributed by atoms with E-state index in [9.17, 15) is 18.0 Å². The van der Waals surface area contributed by atoms with Crippen LogP contribution in [0.3, 0.4) is 0 Å². The molecule has 0 saturated carbocycles. The van der Waals surface area contributed by atoms with Crippen molar-refractivity contribution in [3.63, 3.8) is 0 Å². The average molecular weight is 525 g/mol. The lowest BCUT2D eigenvalue weighted by Gasteiger charge is -2.33. The minimum absolute atomic E-state index is 0.0171. The summed E-state index contributed by atoms with van der Waals surface area (Å²) in [4.78, 5) is 14.5. The Bertz CT molecular complexity index is 1170. The van der Waals surface area contributed by atoms with Crippen LogP contribution in [-0.4, -0.2) is 30.4 Å². The summed E-state index contributed by atoms with van der Waals surface area (Å²) in [6.07, 6.45) is -1.85. The van der Waals surface area contributed by atoms with Crippen LogP contribution in [0.15, 0.2) is 78.9 Å². The first-order chi connectivity index (χ1) is 18.2. The Morgan fingerprint density at radius 3 is 2.29 bits per heavy atom. The van der Waals surface area contributed by atoms with Gasteiger partial charge >= 0.3 is 6.18 Å². The lowest BCUT2D eigenvalue weighted by molar-refractivity contribution is -0.137. The highest BCUT2D eigenvalue weighted by atomic mass is 19.4. The van der Waals surface area contributed by atoms with Crippen LogP contribution in [0.25, 0.3) is 0 Å². The number of hydrogen-bond acceptors (Lipinski definition) is 3. The van der Waals surface area contributed by atoms with Gasteiger partial charge in [-0.2, -0.15) is 13.2 Å². The van der Waals surface area contributed by atoms with E-state index in [1.165, 1.54) is 17.7 Å². The Balaban J connectivity index is 1.34. The van der Waals surface area contributed by atoms with Crippen molar-refractivity contribution >= 4 is 11.6 Å². The van der Waals surface area contributed by atoms with E-state index in [1.807, 2.05) is 56.3 Å². The smallest absolute Gasteiger partial charge is 0.416 e. The monoisotopic (exact) mass is 524 g/mol. The summed E-state index contributed by atoms with van der Waals surface area (Å²) in [6, 6.07) is 22.9. The second-order valence-corrected chi connectivity index (χ2v) is 10.2. The number of carbonyl (C=O) groups excluding carboxylic acids is 1. The van der Waals surface area contributed by atoms with Gasteiger partial charge < -0.3 is 15.0 Å². The number of nitrogens with zero attached hydrogens (tertiary/aromatic N) is 1. The van der Waals surface area contributed by atoms with Crippen molar-refractivity contribution in [2.45, 2.75) is 51.3 Å². The number of anilines is 1. The van der Waals surface area contributed by atoms with E-state index in [-0.39, 0.29) is 17.9 Å². The van der Waals surface area contributed by atoms with Crippen LogP contribution in [0.4, 0.5) is 18.9 Å². The maximum Gasteiger partial charge on any atom is 0.416 e. The number of likely N-dealkylation sites (tertiary alicyclic amines) is 1. The molecule has 3 aromatic rings. The van der Waals surface area contributed by atoms with Gasteiger partial charge in [-0.3, -0.25) is 4.79 Å². The molecule has 1 aliphatic heterocycles. The molecule has 0 bridgehead atoms. The first-order valence-corrected chi connectivity index (χ1v) is 13.2. The molecule has 1 N–H and O–H groups in total. The number of nitrogens with one attached hydrogen (secondary N) is 1. The van der Waals surface area contributed by atoms with Crippen molar-refractivity contribution in [2.24, 2.45) is 5.92 Å². The van der Waals surface area contributed by atoms with E-state index in [4.69, 9.17) is 4.74 Å². The largest absolute Gasteiger partial charge is 0.486 e. The number of piperidine rings is 1. The lowest BCUT2D eigenvalue weighted by atomic mass is 9.89. The summed E-state index contributed by atoms with van der Waals surface area (Å²) < 4.78 is 45.0. The zero-order valence-electron chi connectivity index (χ0n) is 21.9. The van der Waals surface area contributed by atoms with Gasteiger partial charge in [-0.15, -0.1) is 0 Å². The summed E-state index contributed by atoms with van der Waals surface area (Å²) >= 11 is 0. The summed E-state index contributed by atoms with van der Waals surface area (Å²) in [5.41, 5.74) is 2.41. The second-order valence-electron chi connectivity index (χ2n) is 10.2. The third-order valence-corrected chi connectivity index (χ3v) is 7.08. The molecule has 1 heterocycles. The Labute approximate surface area is 222 Å². The Kier molecular flexibility index (Phi) is 9.10. The fraction of sp³-hybridized carbons (Fsp3) is 0.387. The van der Waals surface area contributed by atoms with Gasteiger partial charge in [0.1, 0.15) is 11.9 Å². The Morgan fingerprint density at radius 2 is 1.66 bits per heavy atom. The molecule has 0 aliphatic carbocycles. The first kappa shape index (κ1) is 27.7. The number of hydrogen-bond donors (Lipinski definition) is 1. The van der Waals surface area contributed by atoms with E-state index < -0.39 is 11.7 Å². The van der Waals surface area contributed by atoms with E-state index in [1.54, 1.807) is 0 Å². The molecule has 1 fully saturated rings. The Hall–Kier alpha value is -3.32. The minimum Gasteiger partial charge on any atom is -0.486 e. The van der Waals surface area contributed by atoms with E-state index >= 15 is 0 Å². The van der Waals surface area contributed by atoms with Crippen molar-refractivity contribution in [1.82, 2.24) is 4.90 Å². The molecule has 7 heteroatoms. The lowest BCUT2D eigenvalue weighted by Crippen LogP contribution is -2.34. The van der Waals surface area contributed by atoms with E-state index in [2.05, 4.69) is 22.3 Å². The molecule has 0 spiro atoms. The molecular formula is C31H35F3N2O2. The standard InChI is InChI=1S/C31H35F3N2O2/c1-22(2)30(37)35-27-10-6-9-25(21-27)23-15-18-36(19-16-23)20-17-29(24-7-4-3-5-8-24)38-28-13-11-26(12-14-28)31(32,33)34/h3-14,21-23,29H,15-20H2,1-2H3,(H,35,37). The van der Waals surface area contributed by atoms with Gasteiger partial charge in [0.05, 0.1) is 5.56 Å². The van der Waals surface area contributed by atoms with Crippen LogP contribution >= 0.6 is 0 Å². The zero-order chi connectivity index (χ0) is 27.1. The van der Waals surface area contributed by atoms with Gasteiger partial charge in [-0.1, -0.05) is 56.3 Å². The molecule has 202 valence electrons. The fourth-order valence-electron chi connectivity index (χ4n) is 4.79. The average Bonchev–Trinajstić information content (AvgIpc) is 2.91. The minimum atomic E-state index is -4.37. The number of benzene rings is 3. The highest BCUT2D eigenvalue weighted by molar-refractivity contribution is 5.92. The number of alkyl halides is 3. The number of carbonyl (C=O) groups is 1. The number of ether oxygens (including phenoxy) is 1. The second kappa shape index (κ2) is 12.5. The Morgan fingerprint density at radius 1 is 0.974 bits per heavy atom. The molecule has 4 rings (SSSR count). The third-order valence-electron chi connectivity index (χ3n) is 7.08. The molecule has 0 aromatic heterocycles. The molecule has 1 atom stereocenters. The van der Waals surface area contributed by atoms with Crippen LogP contribution in [0.2, 0.25) is 0 Å². The van der Waals surface area contributed by atoms with E-state index in [0.29, 0.717) is 11.7 Å². The normalized spacial score (nSPS) is 15.8. The molecule has 4 nitrogen and oxygen atoms in total. The van der Waals surface area contributed by atoms with Gasteiger partial charge in [-0.05, 0) is 79.4 Å². The summed E-state index contributed by atoms with van der Waals surface area (Å²) in [5.74, 6) is 0.818. The van der Waals surface area contributed by atoms with Crippen LogP contribution in [-0.2, 0) is 11.0 Å². The molecule has 38 heavy (non-hydrogen) atoms.